The number of benzene rings is 1. The van der Waals surface area contributed by atoms with Gasteiger partial charge in [0.15, 0.2) is 0 Å². The van der Waals surface area contributed by atoms with Gasteiger partial charge in [-0.2, -0.15) is 0 Å². The Morgan fingerprint density at radius 3 is 2.83 bits per heavy atom. The first-order chi connectivity index (χ1) is 11.0. The molecular weight excluding hydrogens is 290 g/mol. The molecule has 0 radical (unpaired) electrons. The van der Waals surface area contributed by atoms with Crippen molar-refractivity contribution in [2.45, 2.75) is 20.4 Å². The zero-order valence-corrected chi connectivity index (χ0v) is 13.1. The Kier molecular flexibility index (Phi) is 5.21. The number of aromatic nitrogens is 1. The van der Waals surface area contributed by atoms with Crippen LogP contribution in [0, 0.1) is 17.8 Å². The van der Waals surface area contributed by atoms with Crippen LogP contribution >= 0.6 is 0 Å². The van der Waals surface area contributed by atoms with Gasteiger partial charge in [0.2, 0.25) is 0 Å². The fourth-order valence-corrected chi connectivity index (χ4v) is 1.96. The van der Waals surface area contributed by atoms with Crippen molar-refractivity contribution >= 4 is 11.6 Å². The van der Waals surface area contributed by atoms with Crippen molar-refractivity contribution in [3.63, 3.8) is 0 Å². The number of hydrogen-bond donors (Lipinski definition) is 3. The van der Waals surface area contributed by atoms with Crippen LogP contribution in [-0.4, -0.2) is 10.9 Å². The van der Waals surface area contributed by atoms with Crippen molar-refractivity contribution < 1.29 is 4.79 Å². The molecule has 0 atom stereocenters. The zero-order valence-electron chi connectivity index (χ0n) is 13.1. The Balaban J connectivity index is 2.15. The number of rotatable bonds is 3. The fourth-order valence-electron chi connectivity index (χ4n) is 1.96. The lowest BCUT2D eigenvalue weighted by Crippen LogP contribution is -2.26. The molecule has 1 heterocycles. The topological polar surface area (TPSA) is 88.0 Å². The van der Waals surface area contributed by atoms with Crippen molar-refractivity contribution in [3.05, 3.63) is 63.6 Å². The second-order valence-corrected chi connectivity index (χ2v) is 5.47. The van der Waals surface area contributed by atoms with Gasteiger partial charge in [0.25, 0.3) is 11.5 Å². The van der Waals surface area contributed by atoms with Gasteiger partial charge < -0.3 is 16.0 Å². The average molecular weight is 309 g/mol. The van der Waals surface area contributed by atoms with Gasteiger partial charge in [-0.15, -0.1) is 0 Å². The Morgan fingerprint density at radius 2 is 2.13 bits per heavy atom. The van der Waals surface area contributed by atoms with E-state index in [-0.39, 0.29) is 23.9 Å². The summed E-state index contributed by atoms with van der Waals surface area (Å²) in [5, 5.41) is 2.71. The van der Waals surface area contributed by atoms with Crippen molar-refractivity contribution in [2.24, 2.45) is 5.92 Å². The summed E-state index contributed by atoms with van der Waals surface area (Å²) < 4.78 is 0. The summed E-state index contributed by atoms with van der Waals surface area (Å²) >= 11 is 0. The number of H-pyrrole nitrogens is 1. The van der Waals surface area contributed by atoms with Crippen molar-refractivity contribution in [1.82, 2.24) is 10.3 Å². The summed E-state index contributed by atoms with van der Waals surface area (Å²) in [5.74, 6) is 5.97. The van der Waals surface area contributed by atoms with E-state index in [4.69, 9.17) is 5.73 Å². The number of aromatic amines is 1. The first kappa shape index (κ1) is 16.4. The molecule has 118 valence electrons. The number of amides is 1. The van der Waals surface area contributed by atoms with Crippen LogP contribution in [0.15, 0.2) is 41.3 Å². The number of carbonyl (C=O) groups is 1. The number of hydrogen-bond acceptors (Lipinski definition) is 3. The fraction of sp³-hybridized carbons (Fsp3) is 0.222. The third-order valence-corrected chi connectivity index (χ3v) is 3.06. The SMILES string of the molecule is CC(C)C#Cc1cc(N)cc(C(=O)NCc2ccc[nH]c2=O)c1. The lowest BCUT2D eigenvalue weighted by atomic mass is 10.1. The highest BCUT2D eigenvalue weighted by molar-refractivity contribution is 5.95. The Morgan fingerprint density at radius 1 is 1.35 bits per heavy atom. The summed E-state index contributed by atoms with van der Waals surface area (Å²) in [5.41, 5.74) is 7.70. The molecule has 0 fully saturated rings. The maximum atomic E-state index is 12.2. The summed E-state index contributed by atoms with van der Waals surface area (Å²) in [6.07, 6.45) is 1.55. The highest BCUT2D eigenvalue weighted by Crippen LogP contribution is 2.12. The highest BCUT2D eigenvalue weighted by Gasteiger charge is 2.08. The maximum Gasteiger partial charge on any atom is 0.252 e. The molecule has 1 aromatic heterocycles. The van der Waals surface area contributed by atoms with E-state index in [1.54, 1.807) is 36.5 Å². The molecule has 2 aromatic rings. The summed E-state index contributed by atoms with van der Waals surface area (Å²) in [7, 11) is 0. The summed E-state index contributed by atoms with van der Waals surface area (Å²) in [4.78, 5) is 26.4. The van der Waals surface area contributed by atoms with E-state index in [0.29, 0.717) is 22.4 Å². The predicted octanol–water partition coefficient (Wildman–Crippen LogP) is 1.89. The Hall–Kier alpha value is -3.00. The summed E-state index contributed by atoms with van der Waals surface area (Å²) in [6.45, 7) is 4.13. The zero-order chi connectivity index (χ0) is 16.8. The second-order valence-electron chi connectivity index (χ2n) is 5.47. The molecule has 4 N–H and O–H groups in total. The molecule has 0 unspecified atom stereocenters. The van der Waals surface area contributed by atoms with Crippen LogP contribution in [0.2, 0.25) is 0 Å². The minimum atomic E-state index is -0.298. The molecular formula is C18H19N3O2. The van der Waals surface area contributed by atoms with E-state index >= 15 is 0 Å². The van der Waals surface area contributed by atoms with Crippen LogP contribution in [-0.2, 0) is 6.54 Å². The standard InChI is InChI=1S/C18H19N3O2/c1-12(2)5-6-13-8-15(10-16(19)9-13)18(23)21-11-14-4-3-7-20-17(14)22/h3-4,7-10,12H,11,19H2,1-2H3,(H,20,22)(H,21,23). The Labute approximate surface area is 134 Å². The molecule has 1 amide bonds. The molecule has 0 aliphatic heterocycles. The molecule has 0 aliphatic rings. The first-order valence-corrected chi connectivity index (χ1v) is 7.32. The quantitative estimate of drug-likeness (QED) is 0.597. The molecule has 23 heavy (non-hydrogen) atoms. The molecule has 0 aliphatic carbocycles. The number of anilines is 1. The number of nitrogen functional groups attached to an aromatic ring is 1. The third-order valence-electron chi connectivity index (χ3n) is 3.06. The maximum absolute atomic E-state index is 12.2. The third kappa shape index (κ3) is 4.75. The van der Waals surface area contributed by atoms with Gasteiger partial charge in [0.1, 0.15) is 0 Å². The van der Waals surface area contributed by atoms with E-state index < -0.39 is 0 Å². The molecule has 5 nitrogen and oxygen atoms in total. The van der Waals surface area contributed by atoms with E-state index in [1.165, 1.54) is 0 Å². The largest absolute Gasteiger partial charge is 0.399 e. The van der Waals surface area contributed by atoms with Crippen LogP contribution in [0.1, 0.15) is 35.3 Å². The minimum Gasteiger partial charge on any atom is -0.399 e. The van der Waals surface area contributed by atoms with Gasteiger partial charge >= 0.3 is 0 Å². The van der Waals surface area contributed by atoms with E-state index in [2.05, 4.69) is 22.1 Å². The highest BCUT2D eigenvalue weighted by atomic mass is 16.1. The molecule has 0 spiro atoms. The van der Waals surface area contributed by atoms with E-state index in [1.807, 2.05) is 13.8 Å². The molecule has 0 saturated carbocycles. The van der Waals surface area contributed by atoms with Gasteiger partial charge in [0.05, 0.1) is 0 Å². The molecule has 0 bridgehead atoms. The monoisotopic (exact) mass is 309 g/mol. The van der Waals surface area contributed by atoms with Gasteiger partial charge in [-0.3, -0.25) is 9.59 Å². The van der Waals surface area contributed by atoms with Gasteiger partial charge in [-0.05, 0) is 24.3 Å². The number of carbonyl (C=O) groups excluding carboxylic acids is 1. The predicted molar refractivity (Wildman–Crippen MR) is 90.8 cm³/mol. The number of nitrogens with two attached hydrogens (primary N) is 1. The number of pyridine rings is 1. The summed E-state index contributed by atoms with van der Waals surface area (Å²) in [6, 6.07) is 8.39. The Bertz CT molecular complexity index is 826. The molecule has 2 rings (SSSR count). The van der Waals surface area contributed by atoms with Crippen LogP contribution in [0.25, 0.3) is 0 Å². The van der Waals surface area contributed by atoms with Gasteiger partial charge in [-0.25, -0.2) is 0 Å². The van der Waals surface area contributed by atoms with Crippen molar-refractivity contribution in [3.8, 4) is 11.8 Å². The van der Waals surface area contributed by atoms with Crippen molar-refractivity contribution in [1.29, 1.82) is 0 Å². The normalized spacial score (nSPS) is 10.0. The minimum absolute atomic E-state index is 0.150. The molecule has 5 heteroatoms. The van der Waals surface area contributed by atoms with E-state index in [0.717, 1.165) is 0 Å². The molecule has 1 aromatic carbocycles. The smallest absolute Gasteiger partial charge is 0.252 e. The van der Waals surface area contributed by atoms with Crippen LogP contribution in [0.3, 0.4) is 0 Å². The molecule has 0 saturated heterocycles. The number of nitrogens with one attached hydrogen (secondary N) is 2. The van der Waals surface area contributed by atoms with Crippen LogP contribution in [0.4, 0.5) is 5.69 Å². The van der Waals surface area contributed by atoms with Crippen LogP contribution in [0.5, 0.6) is 0 Å². The first-order valence-electron chi connectivity index (χ1n) is 7.32. The second kappa shape index (κ2) is 7.32. The van der Waals surface area contributed by atoms with Gasteiger partial charge in [-0.1, -0.05) is 31.8 Å². The lowest BCUT2D eigenvalue weighted by Gasteiger charge is -2.06. The van der Waals surface area contributed by atoms with E-state index in [9.17, 15) is 9.59 Å². The average Bonchev–Trinajstić information content (AvgIpc) is 2.51. The van der Waals surface area contributed by atoms with Crippen LogP contribution < -0.4 is 16.6 Å². The van der Waals surface area contributed by atoms with Gasteiger partial charge in [0, 0.05) is 41.0 Å². The van der Waals surface area contributed by atoms with Crippen molar-refractivity contribution in [2.75, 3.05) is 5.73 Å². The lowest BCUT2D eigenvalue weighted by molar-refractivity contribution is 0.0951.